The summed E-state index contributed by atoms with van der Waals surface area (Å²) in [6.07, 6.45) is 6.29. The van der Waals surface area contributed by atoms with E-state index in [1.54, 1.807) is 0 Å². The molecule has 1 aromatic carbocycles. The maximum atomic E-state index is 6.05. The maximum absolute atomic E-state index is 6.05. The SMILES string of the molecule is Cc1cc(OC2CCCCO2)cc(I)c1OC1CCCCO1. The second-order valence-electron chi connectivity index (χ2n) is 5.88. The zero-order valence-electron chi connectivity index (χ0n) is 13.0. The highest BCUT2D eigenvalue weighted by molar-refractivity contribution is 14.1. The fourth-order valence-corrected chi connectivity index (χ4v) is 3.67. The predicted molar refractivity (Wildman–Crippen MR) is 92.3 cm³/mol. The normalized spacial score (nSPS) is 25.7. The second-order valence-corrected chi connectivity index (χ2v) is 7.04. The van der Waals surface area contributed by atoms with Gasteiger partial charge in [-0.25, -0.2) is 0 Å². The van der Waals surface area contributed by atoms with Gasteiger partial charge in [-0.3, -0.25) is 0 Å². The van der Waals surface area contributed by atoms with Crippen LogP contribution in [0.4, 0.5) is 0 Å². The van der Waals surface area contributed by atoms with Crippen LogP contribution >= 0.6 is 22.6 Å². The number of ether oxygens (including phenoxy) is 4. The Morgan fingerprint density at radius 3 is 2.14 bits per heavy atom. The van der Waals surface area contributed by atoms with Crippen LogP contribution in [0.25, 0.3) is 0 Å². The van der Waals surface area contributed by atoms with Gasteiger partial charge in [0, 0.05) is 12.8 Å². The van der Waals surface area contributed by atoms with E-state index >= 15 is 0 Å². The van der Waals surface area contributed by atoms with Crippen LogP contribution in [-0.2, 0) is 9.47 Å². The highest BCUT2D eigenvalue weighted by atomic mass is 127. The molecule has 0 saturated carbocycles. The van der Waals surface area contributed by atoms with E-state index in [4.69, 9.17) is 18.9 Å². The molecule has 2 heterocycles. The summed E-state index contributed by atoms with van der Waals surface area (Å²) in [6.45, 7) is 3.64. The van der Waals surface area contributed by atoms with Gasteiger partial charge in [0.25, 0.3) is 0 Å². The summed E-state index contributed by atoms with van der Waals surface area (Å²) in [6, 6.07) is 4.04. The van der Waals surface area contributed by atoms with Gasteiger partial charge in [0.05, 0.1) is 16.8 Å². The molecule has 2 saturated heterocycles. The molecule has 0 aliphatic carbocycles. The van der Waals surface area contributed by atoms with Gasteiger partial charge < -0.3 is 18.9 Å². The van der Waals surface area contributed by atoms with Crippen molar-refractivity contribution in [3.8, 4) is 11.5 Å². The third-order valence-electron chi connectivity index (χ3n) is 4.00. The molecule has 122 valence electrons. The van der Waals surface area contributed by atoms with Gasteiger partial charge in [0.1, 0.15) is 11.5 Å². The van der Waals surface area contributed by atoms with E-state index in [2.05, 4.69) is 29.5 Å². The highest BCUT2D eigenvalue weighted by Gasteiger charge is 2.20. The number of hydrogen-bond acceptors (Lipinski definition) is 4. The topological polar surface area (TPSA) is 36.9 Å². The number of hydrogen-bond donors (Lipinski definition) is 0. The third kappa shape index (κ3) is 4.26. The molecule has 0 N–H and O–H groups in total. The highest BCUT2D eigenvalue weighted by Crippen LogP contribution is 2.33. The van der Waals surface area contributed by atoms with Crippen molar-refractivity contribution in [1.29, 1.82) is 0 Å². The lowest BCUT2D eigenvalue weighted by atomic mass is 10.2. The molecule has 0 bridgehead atoms. The summed E-state index contributed by atoms with van der Waals surface area (Å²) in [5, 5.41) is 0. The average Bonchev–Trinajstić information content (AvgIpc) is 2.53. The first-order chi connectivity index (χ1) is 10.7. The van der Waals surface area contributed by atoms with Crippen molar-refractivity contribution in [1.82, 2.24) is 0 Å². The maximum Gasteiger partial charge on any atom is 0.199 e. The molecular formula is C17H23IO4. The van der Waals surface area contributed by atoms with Crippen LogP contribution in [-0.4, -0.2) is 25.8 Å². The first-order valence-electron chi connectivity index (χ1n) is 8.09. The minimum atomic E-state index is -0.116. The Labute approximate surface area is 145 Å². The van der Waals surface area contributed by atoms with Crippen molar-refractivity contribution < 1.29 is 18.9 Å². The Morgan fingerprint density at radius 2 is 1.59 bits per heavy atom. The van der Waals surface area contributed by atoms with Gasteiger partial charge in [-0.2, -0.15) is 0 Å². The molecule has 0 amide bonds. The van der Waals surface area contributed by atoms with Crippen molar-refractivity contribution >= 4 is 22.6 Å². The van der Waals surface area contributed by atoms with E-state index in [1.807, 2.05) is 12.1 Å². The van der Waals surface area contributed by atoms with Crippen molar-refractivity contribution in [3.63, 3.8) is 0 Å². The summed E-state index contributed by atoms with van der Waals surface area (Å²) in [7, 11) is 0. The van der Waals surface area contributed by atoms with Crippen LogP contribution in [0.1, 0.15) is 44.1 Å². The molecule has 2 fully saturated rings. The first-order valence-corrected chi connectivity index (χ1v) is 9.17. The first kappa shape index (κ1) is 16.3. The lowest BCUT2D eigenvalue weighted by molar-refractivity contribution is -0.108. The number of rotatable bonds is 4. The number of halogens is 1. The third-order valence-corrected chi connectivity index (χ3v) is 4.80. The van der Waals surface area contributed by atoms with E-state index in [-0.39, 0.29) is 12.6 Å². The molecule has 2 aliphatic heterocycles. The molecule has 3 rings (SSSR count). The van der Waals surface area contributed by atoms with E-state index in [0.29, 0.717) is 0 Å². The Balaban J connectivity index is 1.67. The lowest BCUT2D eigenvalue weighted by Crippen LogP contribution is -2.26. The smallest absolute Gasteiger partial charge is 0.199 e. The van der Waals surface area contributed by atoms with Gasteiger partial charge in [0.15, 0.2) is 12.6 Å². The molecule has 0 radical (unpaired) electrons. The van der Waals surface area contributed by atoms with E-state index in [1.165, 1.54) is 12.8 Å². The average molecular weight is 418 g/mol. The van der Waals surface area contributed by atoms with Crippen molar-refractivity contribution in [2.75, 3.05) is 13.2 Å². The molecule has 1 aromatic rings. The Bertz CT molecular complexity index is 470. The van der Waals surface area contributed by atoms with Crippen LogP contribution in [0, 0.1) is 10.5 Å². The van der Waals surface area contributed by atoms with Gasteiger partial charge >= 0.3 is 0 Å². The van der Waals surface area contributed by atoms with Crippen molar-refractivity contribution in [2.24, 2.45) is 0 Å². The van der Waals surface area contributed by atoms with Crippen LogP contribution in [0.5, 0.6) is 11.5 Å². The number of benzene rings is 1. The zero-order valence-corrected chi connectivity index (χ0v) is 15.1. The fraction of sp³-hybridized carbons (Fsp3) is 0.647. The quantitative estimate of drug-likeness (QED) is 0.679. The number of aryl methyl sites for hydroxylation is 1. The Hall–Kier alpha value is -0.530. The molecule has 5 heteroatoms. The molecule has 2 aliphatic rings. The molecular weight excluding hydrogens is 395 g/mol. The molecule has 2 unspecified atom stereocenters. The minimum absolute atomic E-state index is 0.114. The summed E-state index contributed by atoms with van der Waals surface area (Å²) >= 11 is 2.30. The summed E-state index contributed by atoms with van der Waals surface area (Å²) in [4.78, 5) is 0. The van der Waals surface area contributed by atoms with Crippen LogP contribution in [0.15, 0.2) is 12.1 Å². The summed E-state index contributed by atoms with van der Waals surface area (Å²) in [5.74, 6) is 1.76. The van der Waals surface area contributed by atoms with E-state index in [0.717, 1.165) is 59.5 Å². The molecule has 4 nitrogen and oxygen atoms in total. The van der Waals surface area contributed by atoms with Crippen LogP contribution in [0.2, 0.25) is 0 Å². The zero-order chi connectivity index (χ0) is 15.4. The van der Waals surface area contributed by atoms with Gasteiger partial charge in [-0.1, -0.05) is 0 Å². The van der Waals surface area contributed by atoms with Crippen molar-refractivity contribution in [3.05, 3.63) is 21.3 Å². The standard InChI is InChI=1S/C17H23IO4/c1-12-10-13(21-15-6-2-4-8-19-15)11-14(18)17(12)22-16-7-3-5-9-20-16/h10-11,15-16H,2-9H2,1H3. The molecule has 0 spiro atoms. The van der Waals surface area contributed by atoms with E-state index < -0.39 is 0 Å². The minimum Gasteiger partial charge on any atom is -0.465 e. The van der Waals surface area contributed by atoms with Crippen LogP contribution in [0.3, 0.4) is 0 Å². The van der Waals surface area contributed by atoms with Crippen LogP contribution < -0.4 is 9.47 Å². The van der Waals surface area contributed by atoms with E-state index in [9.17, 15) is 0 Å². The Kier molecular flexibility index (Phi) is 5.82. The Morgan fingerprint density at radius 1 is 0.955 bits per heavy atom. The second kappa shape index (κ2) is 7.84. The summed E-state index contributed by atoms with van der Waals surface area (Å²) in [5.41, 5.74) is 1.08. The largest absolute Gasteiger partial charge is 0.465 e. The predicted octanol–water partition coefficient (Wildman–Crippen LogP) is 4.41. The molecule has 0 aromatic heterocycles. The molecule has 2 atom stereocenters. The van der Waals surface area contributed by atoms with Gasteiger partial charge in [-0.05, 0) is 72.9 Å². The fourth-order valence-electron chi connectivity index (χ4n) is 2.81. The lowest BCUT2D eigenvalue weighted by Gasteiger charge is -2.26. The van der Waals surface area contributed by atoms with Crippen molar-refractivity contribution in [2.45, 2.75) is 58.0 Å². The van der Waals surface area contributed by atoms with Gasteiger partial charge in [0.2, 0.25) is 0 Å². The summed E-state index contributed by atoms with van der Waals surface area (Å²) < 4.78 is 24.4. The van der Waals surface area contributed by atoms with Gasteiger partial charge in [-0.15, -0.1) is 0 Å². The monoisotopic (exact) mass is 418 g/mol. The molecule has 22 heavy (non-hydrogen) atoms.